The van der Waals surface area contributed by atoms with Crippen LogP contribution in [0.2, 0.25) is 0 Å². The predicted octanol–water partition coefficient (Wildman–Crippen LogP) is 2.00. The van der Waals surface area contributed by atoms with E-state index in [0.717, 1.165) is 19.4 Å². The number of ether oxygens (including phenoxy) is 1. The number of aromatic nitrogens is 2. The lowest BCUT2D eigenvalue weighted by atomic mass is 10.1. The minimum Gasteiger partial charge on any atom is -0.484 e. The summed E-state index contributed by atoms with van der Waals surface area (Å²) in [5, 5.41) is 13.0. The van der Waals surface area contributed by atoms with Crippen LogP contribution in [0.1, 0.15) is 24.4 Å². The van der Waals surface area contributed by atoms with Crippen LogP contribution in [-0.2, 0) is 4.79 Å². The summed E-state index contributed by atoms with van der Waals surface area (Å²) >= 11 is 0. The molecule has 1 fully saturated rings. The summed E-state index contributed by atoms with van der Waals surface area (Å²) in [6.07, 6.45) is 5.69. The second-order valence-electron chi connectivity index (χ2n) is 5.55. The number of piperidine rings is 1. The summed E-state index contributed by atoms with van der Waals surface area (Å²) in [7, 11) is 0. The predicted molar refractivity (Wildman–Crippen MR) is 83.7 cm³/mol. The third-order valence-corrected chi connectivity index (χ3v) is 3.99. The average Bonchev–Trinajstić information content (AvgIpc) is 3.15. The molecule has 1 atom stereocenters. The Balaban J connectivity index is 1.54. The Kier molecular flexibility index (Phi) is 4.57. The number of hydrogen-bond acceptors (Lipinski definition) is 4. The van der Waals surface area contributed by atoms with Crippen molar-refractivity contribution in [1.29, 1.82) is 5.26 Å². The molecule has 0 aliphatic carbocycles. The van der Waals surface area contributed by atoms with E-state index in [4.69, 9.17) is 10.00 Å². The number of carbonyl (C=O) groups excluding carboxylic acids is 1. The van der Waals surface area contributed by atoms with Crippen molar-refractivity contribution in [3.8, 4) is 11.8 Å². The topological polar surface area (TPSA) is 71.2 Å². The maximum atomic E-state index is 12.3. The maximum absolute atomic E-state index is 12.3. The van der Waals surface area contributed by atoms with Gasteiger partial charge >= 0.3 is 0 Å². The van der Waals surface area contributed by atoms with Gasteiger partial charge < -0.3 is 9.64 Å². The van der Waals surface area contributed by atoms with Crippen LogP contribution in [0, 0.1) is 11.3 Å². The van der Waals surface area contributed by atoms with Crippen LogP contribution in [-0.4, -0.2) is 40.3 Å². The van der Waals surface area contributed by atoms with Gasteiger partial charge in [0.1, 0.15) is 5.75 Å². The second kappa shape index (κ2) is 6.97. The molecule has 2 aromatic rings. The van der Waals surface area contributed by atoms with E-state index in [0.29, 0.717) is 17.9 Å². The molecule has 0 unspecified atom stereocenters. The van der Waals surface area contributed by atoms with Crippen molar-refractivity contribution in [1.82, 2.24) is 14.7 Å². The van der Waals surface area contributed by atoms with E-state index in [9.17, 15) is 4.79 Å². The van der Waals surface area contributed by atoms with Crippen molar-refractivity contribution < 1.29 is 9.53 Å². The molecule has 0 spiro atoms. The molecule has 23 heavy (non-hydrogen) atoms. The number of carbonyl (C=O) groups is 1. The largest absolute Gasteiger partial charge is 0.484 e. The second-order valence-corrected chi connectivity index (χ2v) is 5.55. The monoisotopic (exact) mass is 310 g/mol. The van der Waals surface area contributed by atoms with Crippen molar-refractivity contribution in [2.45, 2.75) is 18.9 Å². The maximum Gasteiger partial charge on any atom is 0.260 e. The minimum absolute atomic E-state index is 0.0116. The highest BCUT2D eigenvalue weighted by Gasteiger charge is 2.25. The first-order chi connectivity index (χ1) is 11.3. The summed E-state index contributed by atoms with van der Waals surface area (Å²) in [4.78, 5) is 14.2. The lowest BCUT2D eigenvalue weighted by molar-refractivity contribution is -0.135. The van der Waals surface area contributed by atoms with Gasteiger partial charge in [0, 0.05) is 25.5 Å². The molecule has 6 nitrogen and oxygen atoms in total. The Hall–Kier alpha value is -2.81. The van der Waals surface area contributed by atoms with E-state index in [-0.39, 0.29) is 18.6 Å². The Bertz CT molecular complexity index is 688. The van der Waals surface area contributed by atoms with Gasteiger partial charge in [-0.3, -0.25) is 9.48 Å². The van der Waals surface area contributed by atoms with Gasteiger partial charge in [0.15, 0.2) is 6.61 Å². The van der Waals surface area contributed by atoms with Crippen molar-refractivity contribution in [2.24, 2.45) is 0 Å². The minimum atomic E-state index is -0.0220. The number of rotatable bonds is 4. The highest BCUT2D eigenvalue weighted by molar-refractivity contribution is 5.77. The van der Waals surface area contributed by atoms with Crippen LogP contribution in [0.5, 0.6) is 5.75 Å². The van der Waals surface area contributed by atoms with Crippen LogP contribution >= 0.6 is 0 Å². The fourth-order valence-corrected chi connectivity index (χ4v) is 2.76. The van der Waals surface area contributed by atoms with Crippen LogP contribution in [0.4, 0.5) is 0 Å². The van der Waals surface area contributed by atoms with Gasteiger partial charge in [-0.25, -0.2) is 0 Å². The first-order valence-electron chi connectivity index (χ1n) is 7.66. The van der Waals surface area contributed by atoms with Gasteiger partial charge in [-0.05, 0) is 43.2 Å². The first-order valence-corrected chi connectivity index (χ1v) is 7.66. The lowest BCUT2D eigenvalue weighted by Crippen LogP contribution is -2.43. The van der Waals surface area contributed by atoms with Gasteiger partial charge in [-0.2, -0.15) is 10.4 Å². The smallest absolute Gasteiger partial charge is 0.260 e. The number of nitriles is 1. The molecule has 3 rings (SSSR count). The van der Waals surface area contributed by atoms with E-state index in [2.05, 4.69) is 5.10 Å². The standard InChI is InChI=1S/C17H18N4O2/c18-11-14-4-6-16(7-5-14)23-13-17(22)20-9-1-3-15(12-20)21-10-2-8-19-21/h2,4-8,10,15H,1,3,9,12-13H2/t15-/m0/s1. The van der Waals surface area contributed by atoms with E-state index >= 15 is 0 Å². The molecule has 1 aliphatic rings. The van der Waals surface area contributed by atoms with Gasteiger partial charge in [0.25, 0.3) is 5.91 Å². The normalized spacial score (nSPS) is 17.5. The van der Waals surface area contributed by atoms with E-state index in [1.54, 1.807) is 30.5 Å². The van der Waals surface area contributed by atoms with Crippen LogP contribution in [0.25, 0.3) is 0 Å². The number of amides is 1. The molecule has 0 radical (unpaired) electrons. The van der Waals surface area contributed by atoms with Crippen molar-refractivity contribution in [2.75, 3.05) is 19.7 Å². The molecule has 0 saturated carbocycles. The molecule has 1 amide bonds. The first kappa shape index (κ1) is 15.1. The molecule has 2 heterocycles. The lowest BCUT2D eigenvalue weighted by Gasteiger charge is -2.32. The molecular formula is C17H18N4O2. The quantitative estimate of drug-likeness (QED) is 0.866. The summed E-state index contributed by atoms with van der Waals surface area (Å²) < 4.78 is 7.44. The number of nitrogens with zero attached hydrogens (tertiary/aromatic N) is 4. The SMILES string of the molecule is N#Cc1ccc(OCC(=O)N2CCC[C@H](n3cccn3)C2)cc1. The van der Waals surface area contributed by atoms with Gasteiger partial charge in [0.05, 0.1) is 17.7 Å². The number of hydrogen-bond donors (Lipinski definition) is 0. The van der Waals surface area contributed by atoms with Crippen LogP contribution < -0.4 is 4.74 Å². The Labute approximate surface area is 134 Å². The van der Waals surface area contributed by atoms with Gasteiger partial charge in [-0.1, -0.05) is 0 Å². The zero-order chi connectivity index (χ0) is 16.1. The summed E-state index contributed by atoms with van der Waals surface area (Å²) in [6, 6.07) is 10.9. The zero-order valence-corrected chi connectivity index (χ0v) is 12.8. The molecule has 1 saturated heterocycles. The Morgan fingerprint density at radius 1 is 1.39 bits per heavy atom. The molecule has 0 N–H and O–H groups in total. The summed E-state index contributed by atoms with van der Waals surface area (Å²) in [5.74, 6) is 0.573. The highest BCUT2D eigenvalue weighted by atomic mass is 16.5. The molecule has 0 bridgehead atoms. The molecule has 6 heteroatoms. The highest BCUT2D eigenvalue weighted by Crippen LogP contribution is 2.21. The van der Waals surface area contributed by atoms with E-state index in [1.807, 2.05) is 27.9 Å². The van der Waals surface area contributed by atoms with Crippen LogP contribution in [0.3, 0.4) is 0 Å². The molecular weight excluding hydrogens is 292 g/mol. The van der Waals surface area contributed by atoms with E-state index in [1.165, 1.54) is 0 Å². The van der Waals surface area contributed by atoms with Crippen LogP contribution in [0.15, 0.2) is 42.7 Å². The molecule has 1 aromatic heterocycles. The Morgan fingerprint density at radius 3 is 2.91 bits per heavy atom. The third kappa shape index (κ3) is 3.69. The molecule has 1 aliphatic heterocycles. The number of likely N-dealkylation sites (tertiary alicyclic amines) is 1. The van der Waals surface area contributed by atoms with E-state index < -0.39 is 0 Å². The van der Waals surface area contributed by atoms with Crippen molar-refractivity contribution in [3.63, 3.8) is 0 Å². The van der Waals surface area contributed by atoms with Gasteiger partial charge in [-0.15, -0.1) is 0 Å². The number of benzene rings is 1. The van der Waals surface area contributed by atoms with Crippen molar-refractivity contribution in [3.05, 3.63) is 48.3 Å². The van der Waals surface area contributed by atoms with Crippen molar-refractivity contribution >= 4 is 5.91 Å². The molecule has 118 valence electrons. The zero-order valence-electron chi connectivity index (χ0n) is 12.8. The summed E-state index contributed by atoms with van der Waals surface area (Å²) in [6.45, 7) is 1.43. The molecule has 1 aromatic carbocycles. The fraction of sp³-hybridized carbons (Fsp3) is 0.353. The third-order valence-electron chi connectivity index (χ3n) is 3.99. The fourth-order valence-electron chi connectivity index (χ4n) is 2.76. The van der Waals surface area contributed by atoms with Gasteiger partial charge in [0.2, 0.25) is 0 Å². The summed E-state index contributed by atoms with van der Waals surface area (Å²) in [5.41, 5.74) is 0.571. The Morgan fingerprint density at radius 2 is 2.22 bits per heavy atom. The average molecular weight is 310 g/mol.